The van der Waals surface area contributed by atoms with Gasteiger partial charge in [0.2, 0.25) is 5.91 Å². The molecule has 202 valence electrons. The van der Waals surface area contributed by atoms with Crippen LogP contribution in [0.5, 0.6) is 0 Å². The van der Waals surface area contributed by atoms with Crippen LogP contribution >= 0.6 is 0 Å². The molecular formula is C28H32N8O3. The van der Waals surface area contributed by atoms with E-state index in [9.17, 15) is 9.59 Å². The van der Waals surface area contributed by atoms with Crippen LogP contribution in [-0.2, 0) is 16.6 Å². The number of carbonyl (C=O) groups excluding carboxylic acids is 2. The summed E-state index contributed by atoms with van der Waals surface area (Å²) in [6.07, 6.45) is 10.8. The maximum atomic E-state index is 13.1. The first-order chi connectivity index (χ1) is 18.9. The third kappa shape index (κ3) is 5.55. The van der Waals surface area contributed by atoms with Gasteiger partial charge in [-0.15, -0.1) is 0 Å². The number of amides is 2. The Labute approximate surface area is 226 Å². The van der Waals surface area contributed by atoms with Crippen LogP contribution in [0.2, 0.25) is 0 Å². The van der Waals surface area contributed by atoms with Gasteiger partial charge in [0, 0.05) is 43.5 Å². The quantitative estimate of drug-likeness (QED) is 0.335. The van der Waals surface area contributed by atoms with Crippen LogP contribution in [0.3, 0.4) is 0 Å². The number of anilines is 2. The fraction of sp³-hybridized carbons (Fsp3) is 0.393. The van der Waals surface area contributed by atoms with Gasteiger partial charge in [-0.3, -0.25) is 24.2 Å². The van der Waals surface area contributed by atoms with Gasteiger partial charge in [0.05, 0.1) is 60.0 Å². The third-order valence-corrected chi connectivity index (χ3v) is 7.59. The molecule has 1 unspecified atom stereocenters. The summed E-state index contributed by atoms with van der Waals surface area (Å²) in [5, 5.41) is 10.9. The number of ether oxygens (including phenoxy) is 1. The van der Waals surface area contributed by atoms with Crippen LogP contribution < -0.4 is 10.6 Å². The highest BCUT2D eigenvalue weighted by Gasteiger charge is 2.32. The van der Waals surface area contributed by atoms with Gasteiger partial charge < -0.3 is 20.4 Å². The van der Waals surface area contributed by atoms with Crippen LogP contribution in [0.25, 0.3) is 22.3 Å². The predicted octanol–water partition coefficient (Wildman–Crippen LogP) is 3.36. The third-order valence-electron chi connectivity index (χ3n) is 7.59. The first-order valence-corrected chi connectivity index (χ1v) is 13.3. The summed E-state index contributed by atoms with van der Waals surface area (Å²) in [5.41, 5.74) is 4.63. The lowest BCUT2D eigenvalue weighted by atomic mass is 9.80. The zero-order chi connectivity index (χ0) is 26.9. The summed E-state index contributed by atoms with van der Waals surface area (Å²) < 4.78 is 7.66. The Morgan fingerprint density at radius 2 is 2.00 bits per heavy atom. The summed E-state index contributed by atoms with van der Waals surface area (Å²) >= 11 is 0. The summed E-state index contributed by atoms with van der Waals surface area (Å²) in [7, 11) is 1.86. The minimum Gasteiger partial charge on any atom is -0.375 e. The van der Waals surface area contributed by atoms with Gasteiger partial charge in [-0.05, 0) is 43.9 Å². The van der Waals surface area contributed by atoms with Crippen LogP contribution in [-0.4, -0.2) is 73.8 Å². The highest BCUT2D eigenvalue weighted by molar-refractivity contribution is 6.06. The monoisotopic (exact) mass is 528 g/mol. The Kier molecular flexibility index (Phi) is 6.84. The molecule has 11 heteroatoms. The van der Waals surface area contributed by atoms with Gasteiger partial charge in [0.15, 0.2) is 0 Å². The first-order valence-electron chi connectivity index (χ1n) is 13.3. The average molecular weight is 529 g/mol. The highest BCUT2D eigenvalue weighted by atomic mass is 16.5. The second-order valence-electron chi connectivity index (χ2n) is 10.4. The minimum absolute atomic E-state index is 0.112. The molecule has 4 aromatic rings. The van der Waals surface area contributed by atoms with E-state index in [1.165, 1.54) is 25.5 Å². The van der Waals surface area contributed by atoms with E-state index in [0.29, 0.717) is 47.3 Å². The SMILES string of the molecule is Cc1ncc(NC(=O)CN2CCOC(C3CCC3)C2)cc1NC(=O)c1cnc2[nH]c(-c3cnn(C)c3)cc2c1. The minimum atomic E-state index is -0.308. The molecule has 1 aliphatic heterocycles. The molecule has 0 spiro atoms. The average Bonchev–Trinajstić information content (AvgIpc) is 3.50. The van der Waals surface area contributed by atoms with Crippen molar-refractivity contribution in [1.29, 1.82) is 0 Å². The molecule has 5 heterocycles. The van der Waals surface area contributed by atoms with E-state index in [1.807, 2.05) is 26.2 Å². The van der Waals surface area contributed by atoms with Crippen molar-refractivity contribution in [3.63, 3.8) is 0 Å². The van der Waals surface area contributed by atoms with Crippen LogP contribution in [0, 0.1) is 12.8 Å². The molecule has 0 radical (unpaired) electrons. The molecule has 0 bridgehead atoms. The van der Waals surface area contributed by atoms with Crippen molar-refractivity contribution >= 4 is 34.2 Å². The lowest BCUT2D eigenvalue weighted by Crippen LogP contribution is -2.49. The molecule has 1 saturated carbocycles. The smallest absolute Gasteiger partial charge is 0.257 e. The zero-order valence-electron chi connectivity index (χ0n) is 22.1. The fourth-order valence-corrected chi connectivity index (χ4v) is 5.15. The molecule has 2 fully saturated rings. The number of H-pyrrole nitrogens is 1. The normalized spacial score (nSPS) is 18.2. The molecule has 1 saturated heterocycles. The van der Waals surface area contributed by atoms with Crippen molar-refractivity contribution < 1.29 is 14.3 Å². The van der Waals surface area contributed by atoms with Crippen molar-refractivity contribution in [3.05, 3.63) is 54.2 Å². The highest BCUT2D eigenvalue weighted by Crippen LogP contribution is 2.32. The van der Waals surface area contributed by atoms with Crippen LogP contribution in [0.4, 0.5) is 11.4 Å². The van der Waals surface area contributed by atoms with Crippen LogP contribution in [0.1, 0.15) is 35.3 Å². The summed E-state index contributed by atoms with van der Waals surface area (Å²) in [6, 6.07) is 5.47. The Balaban J connectivity index is 1.10. The largest absolute Gasteiger partial charge is 0.375 e. The number of morpholine rings is 1. The van der Waals surface area contributed by atoms with E-state index in [-0.39, 0.29) is 17.9 Å². The molecule has 0 aromatic carbocycles. The van der Waals surface area contributed by atoms with Gasteiger partial charge in [0.25, 0.3) is 5.91 Å². The van der Waals surface area contributed by atoms with E-state index >= 15 is 0 Å². The molecule has 3 N–H and O–H groups in total. The van der Waals surface area contributed by atoms with Crippen molar-refractivity contribution in [3.8, 4) is 11.3 Å². The number of carbonyl (C=O) groups is 2. The Morgan fingerprint density at radius 3 is 2.77 bits per heavy atom. The second-order valence-corrected chi connectivity index (χ2v) is 10.4. The number of hydrogen-bond donors (Lipinski definition) is 3. The Bertz CT molecular complexity index is 1520. The van der Waals surface area contributed by atoms with Crippen molar-refractivity contribution in [2.75, 3.05) is 36.9 Å². The predicted molar refractivity (Wildman–Crippen MR) is 147 cm³/mol. The van der Waals surface area contributed by atoms with Crippen molar-refractivity contribution in [2.24, 2.45) is 13.0 Å². The summed E-state index contributed by atoms with van der Waals surface area (Å²) in [6.45, 7) is 4.29. The second kappa shape index (κ2) is 10.6. The number of rotatable bonds is 7. The molecule has 1 aliphatic carbocycles. The molecular weight excluding hydrogens is 496 g/mol. The van der Waals surface area contributed by atoms with Gasteiger partial charge >= 0.3 is 0 Å². The maximum absolute atomic E-state index is 13.1. The number of fused-ring (bicyclic) bond motifs is 1. The number of hydrogen-bond acceptors (Lipinski definition) is 7. The molecule has 39 heavy (non-hydrogen) atoms. The number of nitrogens with one attached hydrogen (secondary N) is 3. The molecule has 2 amide bonds. The number of nitrogens with zero attached hydrogens (tertiary/aromatic N) is 5. The molecule has 6 rings (SSSR count). The van der Waals surface area contributed by atoms with Gasteiger partial charge in [-0.1, -0.05) is 6.42 Å². The fourth-order valence-electron chi connectivity index (χ4n) is 5.15. The number of pyridine rings is 2. The number of aromatic nitrogens is 5. The lowest BCUT2D eigenvalue weighted by molar-refractivity contribution is -0.121. The van der Waals surface area contributed by atoms with Gasteiger partial charge in [-0.2, -0.15) is 5.10 Å². The standard InChI is InChI=1S/C28H32N8O3/c1-17-23(10-22(13-29-17)32-26(37)16-36-6-7-39-25(15-36)18-4-3-5-18)34-28(38)20-8-19-9-24(33-27(19)30-11-20)21-12-31-35(2)14-21/h8-14,18,25H,3-7,15-16H2,1-2H3,(H,30,33)(H,32,37)(H,34,38). The number of aromatic amines is 1. The maximum Gasteiger partial charge on any atom is 0.257 e. The lowest BCUT2D eigenvalue weighted by Gasteiger charge is -2.40. The topological polar surface area (TPSA) is 130 Å². The van der Waals surface area contributed by atoms with E-state index in [2.05, 4.69) is 35.6 Å². The van der Waals surface area contributed by atoms with E-state index in [0.717, 1.165) is 29.7 Å². The summed E-state index contributed by atoms with van der Waals surface area (Å²) in [4.78, 5) is 40.1. The van der Waals surface area contributed by atoms with E-state index in [1.54, 1.807) is 29.2 Å². The number of aryl methyl sites for hydroxylation is 2. The first kappa shape index (κ1) is 25.2. The van der Waals surface area contributed by atoms with Crippen molar-refractivity contribution in [1.82, 2.24) is 29.6 Å². The Morgan fingerprint density at radius 1 is 1.13 bits per heavy atom. The van der Waals surface area contributed by atoms with E-state index < -0.39 is 0 Å². The molecule has 2 aliphatic rings. The molecule has 4 aromatic heterocycles. The van der Waals surface area contributed by atoms with Gasteiger partial charge in [-0.25, -0.2) is 4.98 Å². The Hall–Kier alpha value is -4.09. The van der Waals surface area contributed by atoms with Crippen LogP contribution in [0.15, 0.2) is 43.0 Å². The zero-order valence-corrected chi connectivity index (χ0v) is 22.1. The summed E-state index contributed by atoms with van der Waals surface area (Å²) in [5.74, 6) is 0.204. The molecule has 1 atom stereocenters. The van der Waals surface area contributed by atoms with Gasteiger partial charge in [0.1, 0.15) is 5.65 Å². The van der Waals surface area contributed by atoms with E-state index in [4.69, 9.17) is 4.74 Å². The van der Waals surface area contributed by atoms with Crippen molar-refractivity contribution in [2.45, 2.75) is 32.3 Å². The molecule has 11 nitrogen and oxygen atoms in total.